The molecule has 1 aromatic carbocycles. The molecule has 1 aliphatic carbocycles. The van der Waals surface area contributed by atoms with Crippen LogP contribution < -0.4 is 5.19 Å². The van der Waals surface area contributed by atoms with Crippen LogP contribution in [0.25, 0.3) is 0 Å². The highest BCUT2D eigenvalue weighted by Crippen LogP contribution is 2.25. The average Bonchev–Trinajstić information content (AvgIpc) is 2.48. The molecule has 0 bridgehead atoms. The van der Waals surface area contributed by atoms with Gasteiger partial charge in [-0.15, -0.1) is 0 Å². The van der Waals surface area contributed by atoms with Crippen molar-refractivity contribution in [2.75, 3.05) is 0 Å². The minimum absolute atomic E-state index is 0.285. The molecule has 0 spiro atoms. The van der Waals surface area contributed by atoms with Gasteiger partial charge < -0.3 is 0 Å². The van der Waals surface area contributed by atoms with Crippen LogP contribution in [-0.2, 0) is 0 Å². The van der Waals surface area contributed by atoms with E-state index in [1.807, 2.05) is 0 Å². The lowest BCUT2D eigenvalue weighted by Crippen LogP contribution is -2.21. The van der Waals surface area contributed by atoms with Crippen molar-refractivity contribution in [1.29, 1.82) is 0 Å². The fourth-order valence-electron chi connectivity index (χ4n) is 2.31. The first-order valence-corrected chi connectivity index (χ1v) is 7.26. The minimum Gasteiger partial charge on any atom is -0.0761 e. The normalized spacial score (nSPS) is 17.0. The zero-order valence-corrected chi connectivity index (χ0v) is 12.0. The molecular formula is C15H19Si. The molecule has 2 rings (SSSR count). The fraction of sp³-hybridized carbons (Fsp3) is 0.267. The zero-order valence-electron chi connectivity index (χ0n) is 10.6. The van der Waals surface area contributed by atoms with Gasteiger partial charge in [0.05, 0.1) is 9.52 Å². The third kappa shape index (κ3) is 2.35. The summed E-state index contributed by atoms with van der Waals surface area (Å²) in [7, 11) is -0.285. The van der Waals surface area contributed by atoms with Gasteiger partial charge in [0.2, 0.25) is 0 Å². The van der Waals surface area contributed by atoms with Crippen molar-refractivity contribution in [3.8, 4) is 0 Å². The molecular weight excluding hydrogens is 208 g/mol. The first-order valence-electron chi connectivity index (χ1n) is 5.85. The van der Waals surface area contributed by atoms with Crippen LogP contribution in [0.1, 0.15) is 25.0 Å². The molecule has 0 aliphatic heterocycles. The van der Waals surface area contributed by atoms with Crippen LogP contribution in [0.2, 0.25) is 0 Å². The molecule has 16 heavy (non-hydrogen) atoms. The molecule has 0 heterocycles. The van der Waals surface area contributed by atoms with E-state index >= 15 is 0 Å². The molecule has 83 valence electrons. The van der Waals surface area contributed by atoms with Crippen molar-refractivity contribution in [3.63, 3.8) is 0 Å². The second-order valence-corrected chi connectivity index (χ2v) is 6.77. The standard InChI is InChI=1S/C15H19Si/c1-10-7-11(2)9-14(8-10)16-15-6-5-12(3)13(15)4/h5-9H,16H2,1-4H3. The average molecular weight is 227 g/mol. The van der Waals surface area contributed by atoms with E-state index in [2.05, 4.69) is 58.0 Å². The van der Waals surface area contributed by atoms with E-state index in [1.54, 1.807) is 10.7 Å². The van der Waals surface area contributed by atoms with E-state index in [4.69, 9.17) is 0 Å². The number of hydrogen-bond acceptors (Lipinski definition) is 0. The van der Waals surface area contributed by atoms with Gasteiger partial charge in [-0.3, -0.25) is 0 Å². The third-order valence-electron chi connectivity index (χ3n) is 3.28. The van der Waals surface area contributed by atoms with Crippen molar-refractivity contribution < 1.29 is 0 Å². The van der Waals surface area contributed by atoms with Gasteiger partial charge in [-0.2, -0.15) is 0 Å². The minimum atomic E-state index is -0.285. The molecule has 0 saturated carbocycles. The lowest BCUT2D eigenvalue weighted by molar-refractivity contribution is 1.34. The van der Waals surface area contributed by atoms with Crippen LogP contribution in [0.4, 0.5) is 0 Å². The lowest BCUT2D eigenvalue weighted by Gasteiger charge is -2.11. The van der Waals surface area contributed by atoms with Gasteiger partial charge in [0, 0.05) is 5.54 Å². The fourth-order valence-corrected chi connectivity index (χ4v) is 4.38. The van der Waals surface area contributed by atoms with Crippen LogP contribution in [0, 0.1) is 19.4 Å². The lowest BCUT2D eigenvalue weighted by atomic mass is 10.2. The van der Waals surface area contributed by atoms with Gasteiger partial charge in [-0.05, 0) is 27.7 Å². The Labute approximate surface area is 101 Å². The van der Waals surface area contributed by atoms with Gasteiger partial charge in [0.15, 0.2) is 0 Å². The molecule has 0 unspecified atom stereocenters. The first kappa shape index (κ1) is 11.4. The summed E-state index contributed by atoms with van der Waals surface area (Å²) in [5, 5.41) is 1.56. The molecule has 0 amide bonds. The van der Waals surface area contributed by atoms with Crippen molar-refractivity contribution in [1.82, 2.24) is 0 Å². The predicted octanol–water partition coefficient (Wildman–Crippen LogP) is 2.54. The van der Waals surface area contributed by atoms with Crippen molar-refractivity contribution in [2.45, 2.75) is 27.7 Å². The summed E-state index contributed by atoms with van der Waals surface area (Å²) in [5.74, 6) is 0. The molecule has 1 heteroatoms. The number of aryl methyl sites for hydroxylation is 2. The van der Waals surface area contributed by atoms with Crippen LogP contribution in [0.15, 0.2) is 41.5 Å². The Balaban J connectivity index is 2.19. The highest BCUT2D eigenvalue weighted by molar-refractivity contribution is 6.61. The Hall–Kier alpha value is -1.08. The van der Waals surface area contributed by atoms with E-state index in [9.17, 15) is 0 Å². The summed E-state index contributed by atoms with van der Waals surface area (Å²) < 4.78 is 0. The largest absolute Gasteiger partial charge is 0.0761 e. The van der Waals surface area contributed by atoms with Crippen molar-refractivity contribution in [2.24, 2.45) is 0 Å². The van der Waals surface area contributed by atoms with E-state index in [1.165, 1.54) is 22.3 Å². The van der Waals surface area contributed by atoms with Gasteiger partial charge in [0.25, 0.3) is 0 Å². The number of allylic oxidation sites excluding steroid dienone is 4. The maximum Gasteiger partial charge on any atom is 0.0717 e. The SMILES string of the molecule is CC1=C(C)[C]([SiH2]c2cc(C)cc(C)c2)C=C1. The van der Waals surface area contributed by atoms with E-state index in [0.29, 0.717) is 0 Å². The van der Waals surface area contributed by atoms with Crippen molar-refractivity contribution >= 4 is 14.7 Å². The number of rotatable bonds is 2. The molecule has 0 saturated heterocycles. The summed E-state index contributed by atoms with van der Waals surface area (Å²) in [5.41, 5.74) is 7.33. The third-order valence-corrected chi connectivity index (χ3v) is 5.25. The molecule has 0 fully saturated rings. The quantitative estimate of drug-likeness (QED) is 0.681. The molecule has 1 aliphatic rings. The van der Waals surface area contributed by atoms with Gasteiger partial charge in [0.1, 0.15) is 0 Å². The van der Waals surface area contributed by atoms with E-state index in [-0.39, 0.29) is 9.52 Å². The Morgan fingerprint density at radius 3 is 1.94 bits per heavy atom. The van der Waals surface area contributed by atoms with Crippen LogP contribution in [0.5, 0.6) is 0 Å². The van der Waals surface area contributed by atoms with Crippen molar-refractivity contribution in [3.05, 3.63) is 58.2 Å². The van der Waals surface area contributed by atoms with Crippen LogP contribution in [0.3, 0.4) is 0 Å². The van der Waals surface area contributed by atoms with Crippen LogP contribution >= 0.6 is 0 Å². The Kier molecular flexibility index (Phi) is 3.15. The van der Waals surface area contributed by atoms with Gasteiger partial charge in [-0.25, -0.2) is 0 Å². The highest BCUT2D eigenvalue weighted by Gasteiger charge is 2.16. The maximum atomic E-state index is 2.35. The topological polar surface area (TPSA) is 0 Å². The van der Waals surface area contributed by atoms with Gasteiger partial charge >= 0.3 is 0 Å². The van der Waals surface area contributed by atoms with E-state index < -0.39 is 0 Å². The molecule has 1 radical (unpaired) electrons. The number of hydrogen-bond donors (Lipinski definition) is 0. The molecule has 0 N–H and O–H groups in total. The van der Waals surface area contributed by atoms with Crippen LogP contribution in [-0.4, -0.2) is 9.52 Å². The number of benzene rings is 1. The maximum absolute atomic E-state index is 2.35. The second-order valence-electron chi connectivity index (χ2n) is 4.84. The highest BCUT2D eigenvalue weighted by atomic mass is 28.2. The molecule has 0 aromatic heterocycles. The molecule has 0 nitrogen and oxygen atoms in total. The monoisotopic (exact) mass is 227 g/mol. The van der Waals surface area contributed by atoms with Gasteiger partial charge in [-0.1, -0.05) is 57.8 Å². The Morgan fingerprint density at radius 1 is 0.812 bits per heavy atom. The summed E-state index contributed by atoms with van der Waals surface area (Å²) in [6.45, 7) is 8.83. The predicted molar refractivity (Wildman–Crippen MR) is 74.9 cm³/mol. The smallest absolute Gasteiger partial charge is 0.0717 e. The Morgan fingerprint density at radius 2 is 1.44 bits per heavy atom. The Bertz CT molecular complexity index is 446. The summed E-state index contributed by atoms with van der Waals surface area (Å²) >= 11 is 0. The first-order chi connectivity index (χ1) is 7.56. The second kappa shape index (κ2) is 4.42. The zero-order chi connectivity index (χ0) is 11.7. The summed E-state index contributed by atoms with van der Waals surface area (Å²) in [6, 6.07) is 6.95. The summed E-state index contributed by atoms with van der Waals surface area (Å²) in [4.78, 5) is 0. The summed E-state index contributed by atoms with van der Waals surface area (Å²) in [6.07, 6.45) is 4.56. The van der Waals surface area contributed by atoms with E-state index in [0.717, 1.165) is 0 Å². The molecule has 1 aromatic rings. The molecule has 0 atom stereocenters.